The predicted octanol–water partition coefficient (Wildman–Crippen LogP) is 2.59. The number of carboxylic acid groups (broad SMARTS) is 2. The van der Waals surface area contributed by atoms with Crippen molar-refractivity contribution in [3.05, 3.63) is 28.3 Å². The average Bonchev–Trinajstić information content (AvgIpc) is 2.98. The fraction of sp³-hybridized carbons (Fsp3) is 0.500. The number of rotatable bonds is 4. The van der Waals surface area contributed by atoms with Crippen LogP contribution in [0.2, 0.25) is 5.02 Å². The van der Waals surface area contributed by atoms with E-state index in [1.807, 2.05) is 26.0 Å². The van der Waals surface area contributed by atoms with Crippen molar-refractivity contribution in [3.63, 3.8) is 0 Å². The third-order valence-electron chi connectivity index (χ3n) is 3.47. The van der Waals surface area contributed by atoms with Gasteiger partial charge in [-0.25, -0.2) is 9.59 Å². The number of carbonyl (C=O) groups is 2. The minimum Gasteiger partial charge on any atom is -0.492 e. The van der Waals surface area contributed by atoms with E-state index in [0.29, 0.717) is 0 Å². The molecule has 0 atom stereocenters. The van der Waals surface area contributed by atoms with Gasteiger partial charge in [0.1, 0.15) is 12.4 Å². The number of ether oxygens (including phenoxy) is 1. The maximum atomic E-state index is 9.10. The summed E-state index contributed by atoms with van der Waals surface area (Å²) in [5.41, 5.74) is 2.17. The molecule has 0 unspecified atom stereocenters. The predicted molar refractivity (Wildman–Crippen MR) is 87.4 cm³/mol. The number of hydrogen-bond acceptors (Lipinski definition) is 4. The minimum atomic E-state index is -1.82. The number of hydrogen-bond donors (Lipinski definition) is 2. The van der Waals surface area contributed by atoms with Crippen LogP contribution in [0.25, 0.3) is 0 Å². The van der Waals surface area contributed by atoms with Crippen LogP contribution in [0, 0.1) is 13.8 Å². The summed E-state index contributed by atoms with van der Waals surface area (Å²) in [7, 11) is 0. The normalized spacial score (nSPS) is 14.0. The fourth-order valence-corrected chi connectivity index (χ4v) is 2.40. The topological polar surface area (TPSA) is 87.1 Å². The summed E-state index contributed by atoms with van der Waals surface area (Å²) in [4.78, 5) is 20.7. The van der Waals surface area contributed by atoms with E-state index in [1.54, 1.807) is 0 Å². The van der Waals surface area contributed by atoms with Gasteiger partial charge in [0.05, 0.1) is 0 Å². The van der Waals surface area contributed by atoms with Gasteiger partial charge in [0.25, 0.3) is 0 Å². The molecule has 1 fully saturated rings. The van der Waals surface area contributed by atoms with Gasteiger partial charge in [0.15, 0.2) is 0 Å². The lowest BCUT2D eigenvalue weighted by atomic mass is 10.1. The third kappa shape index (κ3) is 6.88. The van der Waals surface area contributed by atoms with Gasteiger partial charge in [-0.2, -0.15) is 0 Å². The van der Waals surface area contributed by atoms with Gasteiger partial charge in [0, 0.05) is 11.6 Å². The Morgan fingerprint density at radius 1 is 1.13 bits per heavy atom. The monoisotopic (exact) mass is 343 g/mol. The summed E-state index contributed by atoms with van der Waals surface area (Å²) in [5.74, 6) is -2.71. The molecule has 128 valence electrons. The highest BCUT2D eigenvalue weighted by Crippen LogP contribution is 2.25. The second-order valence-corrected chi connectivity index (χ2v) is 5.76. The highest BCUT2D eigenvalue weighted by atomic mass is 35.5. The Hall–Kier alpha value is -1.79. The van der Waals surface area contributed by atoms with Crippen LogP contribution in [0.15, 0.2) is 12.1 Å². The number of nitrogens with zero attached hydrogens (tertiary/aromatic N) is 1. The molecular formula is C16H22ClNO5. The van der Waals surface area contributed by atoms with Crippen LogP contribution < -0.4 is 4.74 Å². The molecule has 2 rings (SSSR count). The molecule has 0 bridgehead atoms. The van der Waals surface area contributed by atoms with E-state index in [-0.39, 0.29) is 0 Å². The van der Waals surface area contributed by atoms with Crippen LogP contribution in [0.5, 0.6) is 5.75 Å². The van der Waals surface area contributed by atoms with E-state index in [9.17, 15) is 0 Å². The average molecular weight is 344 g/mol. The first-order valence-electron chi connectivity index (χ1n) is 7.39. The molecule has 0 aliphatic carbocycles. The molecule has 1 aliphatic heterocycles. The molecular weight excluding hydrogens is 322 g/mol. The summed E-state index contributed by atoms with van der Waals surface area (Å²) in [6, 6.07) is 4.03. The van der Waals surface area contributed by atoms with Crippen LogP contribution in [0.3, 0.4) is 0 Å². The van der Waals surface area contributed by atoms with Crippen molar-refractivity contribution in [1.29, 1.82) is 0 Å². The first-order valence-corrected chi connectivity index (χ1v) is 7.77. The molecule has 1 aliphatic rings. The molecule has 0 spiro atoms. The molecule has 2 N–H and O–H groups in total. The quantitative estimate of drug-likeness (QED) is 0.817. The lowest BCUT2D eigenvalue weighted by Gasteiger charge is -2.15. The molecule has 0 aromatic heterocycles. The Bertz CT molecular complexity index is 520. The van der Waals surface area contributed by atoms with Gasteiger partial charge in [-0.05, 0) is 63.0 Å². The zero-order valence-electron chi connectivity index (χ0n) is 13.3. The van der Waals surface area contributed by atoms with Crippen LogP contribution in [-0.4, -0.2) is 53.3 Å². The van der Waals surface area contributed by atoms with E-state index >= 15 is 0 Å². The van der Waals surface area contributed by atoms with Gasteiger partial charge < -0.3 is 14.9 Å². The molecule has 1 saturated heterocycles. The van der Waals surface area contributed by atoms with Crippen LogP contribution >= 0.6 is 11.6 Å². The standard InChI is InChI=1S/C14H20ClNO.C2H2O4/c1-11-9-13(10-12(2)14(11)15)17-8-7-16-5-3-4-6-16;3-1(4)2(5)6/h9-10H,3-8H2,1-2H3;(H,3,4)(H,5,6). The number of aryl methyl sites for hydroxylation is 2. The van der Waals surface area contributed by atoms with Crippen molar-refractivity contribution in [2.24, 2.45) is 0 Å². The summed E-state index contributed by atoms with van der Waals surface area (Å²) in [6.07, 6.45) is 2.67. The highest BCUT2D eigenvalue weighted by molar-refractivity contribution is 6.32. The van der Waals surface area contributed by atoms with E-state index < -0.39 is 11.9 Å². The maximum absolute atomic E-state index is 9.10. The van der Waals surface area contributed by atoms with Crippen molar-refractivity contribution in [1.82, 2.24) is 4.90 Å². The Balaban J connectivity index is 0.000000379. The Morgan fingerprint density at radius 2 is 1.61 bits per heavy atom. The summed E-state index contributed by atoms with van der Waals surface area (Å²) >= 11 is 6.12. The zero-order chi connectivity index (χ0) is 17.4. The molecule has 23 heavy (non-hydrogen) atoms. The smallest absolute Gasteiger partial charge is 0.414 e. The van der Waals surface area contributed by atoms with Gasteiger partial charge in [-0.15, -0.1) is 0 Å². The molecule has 0 radical (unpaired) electrons. The summed E-state index contributed by atoms with van der Waals surface area (Å²) in [6.45, 7) is 8.27. The van der Waals surface area contributed by atoms with Gasteiger partial charge in [-0.1, -0.05) is 11.6 Å². The lowest BCUT2D eigenvalue weighted by molar-refractivity contribution is -0.159. The Morgan fingerprint density at radius 3 is 2.04 bits per heavy atom. The number of aliphatic carboxylic acids is 2. The van der Waals surface area contributed by atoms with E-state index in [2.05, 4.69) is 4.90 Å². The maximum Gasteiger partial charge on any atom is 0.414 e. The van der Waals surface area contributed by atoms with Crippen molar-refractivity contribution >= 4 is 23.5 Å². The molecule has 7 heteroatoms. The van der Waals surface area contributed by atoms with Crippen molar-refractivity contribution in [3.8, 4) is 5.75 Å². The van der Waals surface area contributed by atoms with Gasteiger partial charge >= 0.3 is 11.9 Å². The lowest BCUT2D eigenvalue weighted by Crippen LogP contribution is -2.25. The molecule has 1 heterocycles. The first kappa shape index (κ1) is 19.3. The highest BCUT2D eigenvalue weighted by Gasteiger charge is 2.11. The van der Waals surface area contributed by atoms with Crippen LogP contribution in [0.1, 0.15) is 24.0 Å². The number of benzene rings is 1. The number of likely N-dealkylation sites (tertiary alicyclic amines) is 1. The van der Waals surface area contributed by atoms with Gasteiger partial charge in [-0.3, -0.25) is 4.90 Å². The second kappa shape index (κ2) is 9.37. The zero-order valence-corrected chi connectivity index (χ0v) is 14.1. The van der Waals surface area contributed by atoms with Crippen LogP contribution in [-0.2, 0) is 9.59 Å². The van der Waals surface area contributed by atoms with E-state index in [4.69, 9.17) is 36.1 Å². The van der Waals surface area contributed by atoms with Crippen molar-refractivity contribution < 1.29 is 24.5 Å². The van der Waals surface area contributed by atoms with Crippen molar-refractivity contribution in [2.75, 3.05) is 26.2 Å². The largest absolute Gasteiger partial charge is 0.492 e. The molecule has 6 nitrogen and oxygen atoms in total. The van der Waals surface area contributed by atoms with Crippen LogP contribution in [0.4, 0.5) is 0 Å². The van der Waals surface area contributed by atoms with Gasteiger partial charge in [0.2, 0.25) is 0 Å². The third-order valence-corrected chi connectivity index (χ3v) is 4.06. The summed E-state index contributed by atoms with van der Waals surface area (Å²) in [5, 5.41) is 15.6. The molecule has 1 aromatic rings. The van der Waals surface area contributed by atoms with E-state index in [0.717, 1.165) is 35.1 Å². The SMILES string of the molecule is Cc1cc(OCCN2CCCC2)cc(C)c1Cl.O=C(O)C(=O)O. The Kier molecular flexibility index (Phi) is 7.85. The molecule has 0 amide bonds. The number of carboxylic acids is 2. The fourth-order valence-electron chi connectivity index (χ4n) is 2.29. The first-order chi connectivity index (χ1) is 10.8. The van der Waals surface area contributed by atoms with E-state index in [1.165, 1.54) is 25.9 Å². The molecule has 1 aromatic carbocycles. The summed E-state index contributed by atoms with van der Waals surface area (Å²) < 4.78 is 5.78. The minimum absolute atomic E-state index is 0.764. The van der Waals surface area contributed by atoms with Crippen molar-refractivity contribution in [2.45, 2.75) is 26.7 Å². The molecule has 0 saturated carbocycles. The Labute approximate surface area is 140 Å². The number of halogens is 1. The second-order valence-electron chi connectivity index (χ2n) is 5.38.